The summed E-state index contributed by atoms with van der Waals surface area (Å²) in [4.78, 5) is 16.4. The van der Waals surface area contributed by atoms with Gasteiger partial charge in [0, 0.05) is 16.8 Å². The number of thiazole rings is 1. The van der Waals surface area contributed by atoms with E-state index in [9.17, 15) is 4.79 Å². The molecule has 0 atom stereocenters. The van der Waals surface area contributed by atoms with Gasteiger partial charge in [-0.15, -0.1) is 0 Å². The molecule has 0 saturated carbocycles. The van der Waals surface area contributed by atoms with Gasteiger partial charge in [-0.05, 0) is 32.0 Å². The Kier molecular flexibility index (Phi) is 2.90. The van der Waals surface area contributed by atoms with Crippen LogP contribution in [0.5, 0.6) is 0 Å². The fraction of sp³-hybridized carbons (Fsp3) is 0.154. The number of rotatable bonds is 2. The maximum Gasteiger partial charge on any atom is 0.256 e. The van der Waals surface area contributed by atoms with Gasteiger partial charge in [0.2, 0.25) is 0 Å². The van der Waals surface area contributed by atoms with Gasteiger partial charge < -0.3 is 11.1 Å². The molecule has 7 heteroatoms. The summed E-state index contributed by atoms with van der Waals surface area (Å²) in [5, 5.41) is 10.2. The van der Waals surface area contributed by atoms with Gasteiger partial charge in [-0.3, -0.25) is 9.89 Å². The number of nitrogens with two attached hydrogens (primary N) is 1. The Hall–Kier alpha value is -2.41. The summed E-state index contributed by atoms with van der Waals surface area (Å²) in [7, 11) is 0. The SMILES string of the molecule is Cc1[nH]nc(NC(=O)c2ccc3nc(N)sc3c2)c1C. The van der Waals surface area contributed by atoms with Crippen molar-refractivity contribution in [3.05, 3.63) is 35.0 Å². The molecule has 0 spiro atoms. The monoisotopic (exact) mass is 287 g/mol. The van der Waals surface area contributed by atoms with Crippen LogP contribution < -0.4 is 11.1 Å². The highest BCUT2D eigenvalue weighted by Crippen LogP contribution is 2.25. The zero-order valence-corrected chi connectivity index (χ0v) is 11.8. The highest BCUT2D eigenvalue weighted by atomic mass is 32.1. The van der Waals surface area contributed by atoms with Crippen LogP contribution in [0.15, 0.2) is 18.2 Å². The minimum absolute atomic E-state index is 0.200. The number of hydrogen-bond acceptors (Lipinski definition) is 5. The third-order valence-electron chi connectivity index (χ3n) is 3.15. The summed E-state index contributed by atoms with van der Waals surface area (Å²) >= 11 is 1.36. The smallest absolute Gasteiger partial charge is 0.256 e. The molecule has 0 aliphatic carbocycles. The standard InChI is InChI=1S/C13H13N5OS/c1-6-7(2)17-18-11(6)16-12(19)8-3-4-9-10(5-8)20-13(14)15-9/h3-5H,1-2H3,(H2,14,15)(H2,16,17,18,19). The van der Waals surface area contributed by atoms with Gasteiger partial charge in [-0.25, -0.2) is 4.98 Å². The third kappa shape index (κ3) is 2.12. The second kappa shape index (κ2) is 4.61. The van der Waals surface area contributed by atoms with Crippen LogP contribution in [0, 0.1) is 13.8 Å². The summed E-state index contributed by atoms with van der Waals surface area (Å²) < 4.78 is 0.894. The fourth-order valence-electron chi connectivity index (χ4n) is 1.87. The highest BCUT2D eigenvalue weighted by molar-refractivity contribution is 7.22. The van der Waals surface area contributed by atoms with Crippen LogP contribution in [-0.2, 0) is 0 Å². The van der Waals surface area contributed by atoms with Gasteiger partial charge in [-0.2, -0.15) is 5.10 Å². The maximum atomic E-state index is 12.2. The number of hydrogen-bond donors (Lipinski definition) is 3. The Bertz CT molecular complexity index is 804. The predicted molar refractivity (Wildman–Crippen MR) is 80.0 cm³/mol. The highest BCUT2D eigenvalue weighted by Gasteiger charge is 2.12. The average molecular weight is 287 g/mol. The summed E-state index contributed by atoms with van der Waals surface area (Å²) in [6, 6.07) is 5.30. The molecule has 3 rings (SSSR count). The van der Waals surface area contributed by atoms with Crippen molar-refractivity contribution in [3.63, 3.8) is 0 Å². The molecule has 2 heterocycles. The van der Waals surface area contributed by atoms with Gasteiger partial charge in [0.1, 0.15) is 0 Å². The minimum atomic E-state index is -0.200. The number of nitrogens with zero attached hydrogens (tertiary/aromatic N) is 2. The molecule has 0 bridgehead atoms. The topological polar surface area (TPSA) is 96.7 Å². The van der Waals surface area contributed by atoms with Crippen molar-refractivity contribution in [1.82, 2.24) is 15.2 Å². The number of H-pyrrole nitrogens is 1. The van der Waals surface area contributed by atoms with Gasteiger partial charge >= 0.3 is 0 Å². The van der Waals surface area contributed by atoms with Crippen molar-refractivity contribution in [2.24, 2.45) is 0 Å². The number of nitrogen functional groups attached to an aromatic ring is 1. The van der Waals surface area contributed by atoms with Gasteiger partial charge in [0.05, 0.1) is 10.2 Å². The van der Waals surface area contributed by atoms with Crippen LogP contribution in [0.2, 0.25) is 0 Å². The number of carbonyl (C=O) groups excluding carboxylic acids is 1. The molecule has 6 nitrogen and oxygen atoms in total. The number of aromatic nitrogens is 3. The van der Waals surface area contributed by atoms with E-state index < -0.39 is 0 Å². The quantitative estimate of drug-likeness (QED) is 0.674. The molecule has 1 aromatic carbocycles. The molecule has 102 valence electrons. The van der Waals surface area contributed by atoms with E-state index in [-0.39, 0.29) is 5.91 Å². The summed E-state index contributed by atoms with van der Waals surface area (Å²) in [5.74, 6) is 0.352. The van der Waals surface area contributed by atoms with E-state index in [2.05, 4.69) is 20.5 Å². The minimum Gasteiger partial charge on any atom is -0.375 e. The first-order valence-corrected chi connectivity index (χ1v) is 6.85. The molecule has 0 saturated heterocycles. The number of aromatic amines is 1. The maximum absolute atomic E-state index is 12.2. The molecule has 0 fully saturated rings. The first-order valence-electron chi connectivity index (χ1n) is 6.03. The Labute approximate surface area is 119 Å². The lowest BCUT2D eigenvalue weighted by Gasteiger charge is -2.03. The van der Waals surface area contributed by atoms with E-state index in [1.807, 2.05) is 13.8 Å². The van der Waals surface area contributed by atoms with E-state index in [4.69, 9.17) is 5.73 Å². The molecule has 0 aliphatic rings. The van der Waals surface area contributed by atoms with E-state index >= 15 is 0 Å². The van der Waals surface area contributed by atoms with Gasteiger partial charge in [0.25, 0.3) is 5.91 Å². The zero-order chi connectivity index (χ0) is 14.3. The number of carbonyl (C=O) groups is 1. The lowest BCUT2D eigenvalue weighted by molar-refractivity contribution is 0.102. The van der Waals surface area contributed by atoms with Crippen LogP contribution in [0.4, 0.5) is 10.9 Å². The third-order valence-corrected chi connectivity index (χ3v) is 4.00. The Morgan fingerprint density at radius 1 is 1.40 bits per heavy atom. The van der Waals surface area contributed by atoms with E-state index in [1.54, 1.807) is 18.2 Å². The fourth-order valence-corrected chi connectivity index (χ4v) is 2.64. The largest absolute Gasteiger partial charge is 0.375 e. The van der Waals surface area contributed by atoms with E-state index in [0.29, 0.717) is 16.5 Å². The molecule has 2 aromatic heterocycles. The lowest BCUT2D eigenvalue weighted by atomic mass is 10.2. The first-order chi connectivity index (χ1) is 9.54. The predicted octanol–water partition coefficient (Wildman–Crippen LogP) is 2.47. The molecular weight excluding hydrogens is 274 g/mol. The normalized spacial score (nSPS) is 10.9. The van der Waals surface area contributed by atoms with Crippen LogP contribution in [0.3, 0.4) is 0 Å². The van der Waals surface area contributed by atoms with Crippen molar-refractivity contribution in [1.29, 1.82) is 0 Å². The van der Waals surface area contributed by atoms with Crippen LogP contribution in [0.1, 0.15) is 21.6 Å². The molecule has 3 aromatic rings. The zero-order valence-electron chi connectivity index (χ0n) is 11.0. The second-order valence-electron chi connectivity index (χ2n) is 4.51. The number of anilines is 2. The number of aryl methyl sites for hydroxylation is 1. The van der Waals surface area contributed by atoms with Crippen LogP contribution in [-0.4, -0.2) is 21.1 Å². The number of nitrogens with one attached hydrogen (secondary N) is 2. The van der Waals surface area contributed by atoms with Gasteiger partial charge in [0.15, 0.2) is 10.9 Å². The summed E-state index contributed by atoms with van der Waals surface area (Å²) in [6.07, 6.45) is 0. The first kappa shape index (κ1) is 12.6. The van der Waals surface area contributed by atoms with Crippen molar-refractivity contribution in [2.45, 2.75) is 13.8 Å². The number of fused-ring (bicyclic) bond motifs is 1. The van der Waals surface area contributed by atoms with Gasteiger partial charge in [-0.1, -0.05) is 11.3 Å². The van der Waals surface area contributed by atoms with E-state index in [1.165, 1.54) is 11.3 Å². The molecular formula is C13H13N5OS. The molecule has 20 heavy (non-hydrogen) atoms. The second-order valence-corrected chi connectivity index (χ2v) is 5.57. The molecule has 0 aliphatic heterocycles. The van der Waals surface area contributed by atoms with Crippen LogP contribution >= 0.6 is 11.3 Å². The Balaban J connectivity index is 1.90. The Morgan fingerprint density at radius 2 is 2.20 bits per heavy atom. The molecule has 4 N–H and O–H groups in total. The van der Waals surface area contributed by atoms with Crippen molar-refractivity contribution in [3.8, 4) is 0 Å². The molecule has 0 radical (unpaired) electrons. The molecule has 1 amide bonds. The van der Waals surface area contributed by atoms with E-state index in [0.717, 1.165) is 21.5 Å². The summed E-state index contributed by atoms with van der Waals surface area (Å²) in [5.41, 5.74) is 8.88. The lowest BCUT2D eigenvalue weighted by Crippen LogP contribution is -2.12. The Morgan fingerprint density at radius 3 is 2.90 bits per heavy atom. The number of benzene rings is 1. The number of amides is 1. The van der Waals surface area contributed by atoms with Crippen molar-refractivity contribution in [2.75, 3.05) is 11.1 Å². The van der Waals surface area contributed by atoms with Crippen molar-refractivity contribution >= 4 is 38.4 Å². The average Bonchev–Trinajstić information content (AvgIpc) is 2.93. The van der Waals surface area contributed by atoms with Crippen molar-refractivity contribution < 1.29 is 4.79 Å². The molecule has 0 unspecified atom stereocenters. The summed E-state index contributed by atoms with van der Waals surface area (Å²) in [6.45, 7) is 3.81. The van der Waals surface area contributed by atoms with Crippen LogP contribution in [0.25, 0.3) is 10.2 Å².